The lowest BCUT2D eigenvalue weighted by atomic mass is 10.1. The van der Waals surface area contributed by atoms with Gasteiger partial charge in [-0.25, -0.2) is 0 Å². The second kappa shape index (κ2) is 6.57. The maximum atomic E-state index is 12.1. The fourth-order valence-electron chi connectivity index (χ4n) is 2.09. The van der Waals surface area contributed by atoms with Crippen molar-refractivity contribution in [1.82, 2.24) is 5.32 Å². The normalized spacial score (nSPS) is 10.3. The van der Waals surface area contributed by atoms with Gasteiger partial charge in [0.2, 0.25) is 0 Å². The van der Waals surface area contributed by atoms with E-state index >= 15 is 0 Å². The third-order valence-corrected chi connectivity index (χ3v) is 3.69. The van der Waals surface area contributed by atoms with Crippen LogP contribution in [-0.4, -0.2) is 5.91 Å². The summed E-state index contributed by atoms with van der Waals surface area (Å²) in [5.74, 6) is -0.152. The van der Waals surface area contributed by atoms with Crippen molar-refractivity contribution >= 4 is 27.5 Å². The van der Waals surface area contributed by atoms with Gasteiger partial charge in [-0.05, 0) is 35.7 Å². The van der Waals surface area contributed by atoms with Gasteiger partial charge in [-0.15, -0.1) is 0 Å². The second-order valence-electron chi connectivity index (χ2n) is 4.54. The highest BCUT2D eigenvalue weighted by Crippen LogP contribution is 2.18. The van der Waals surface area contributed by atoms with Gasteiger partial charge in [-0.1, -0.05) is 47.1 Å². The van der Waals surface area contributed by atoms with Crippen LogP contribution in [0.5, 0.6) is 0 Å². The predicted octanol–water partition coefficient (Wildman–Crippen LogP) is 3.52. The van der Waals surface area contributed by atoms with E-state index in [4.69, 9.17) is 5.73 Å². The van der Waals surface area contributed by atoms with Gasteiger partial charge in [-0.2, -0.15) is 0 Å². The highest BCUT2D eigenvalue weighted by molar-refractivity contribution is 9.10. The molecule has 0 aliphatic heterocycles. The molecule has 0 atom stereocenters. The first-order valence-corrected chi connectivity index (χ1v) is 7.31. The molecule has 4 heteroatoms. The van der Waals surface area contributed by atoms with E-state index in [1.54, 1.807) is 12.1 Å². The van der Waals surface area contributed by atoms with Crippen molar-refractivity contribution in [2.45, 2.75) is 19.9 Å². The SMILES string of the molecule is CCc1ccccc1CNC(=O)c1ccc(Br)cc1N. The molecule has 1 amide bonds. The average molecular weight is 333 g/mol. The van der Waals surface area contributed by atoms with Crippen LogP contribution in [0, 0.1) is 0 Å². The van der Waals surface area contributed by atoms with Gasteiger partial charge in [0.25, 0.3) is 5.91 Å². The van der Waals surface area contributed by atoms with Crippen molar-refractivity contribution in [3.63, 3.8) is 0 Å². The molecule has 0 bridgehead atoms. The first-order chi connectivity index (χ1) is 9.61. The highest BCUT2D eigenvalue weighted by Gasteiger charge is 2.10. The zero-order chi connectivity index (χ0) is 14.5. The number of nitrogens with one attached hydrogen (secondary N) is 1. The van der Waals surface area contributed by atoms with E-state index < -0.39 is 0 Å². The van der Waals surface area contributed by atoms with Crippen LogP contribution < -0.4 is 11.1 Å². The van der Waals surface area contributed by atoms with Crippen molar-refractivity contribution in [1.29, 1.82) is 0 Å². The monoisotopic (exact) mass is 332 g/mol. The number of hydrogen-bond donors (Lipinski definition) is 2. The summed E-state index contributed by atoms with van der Waals surface area (Å²) in [5.41, 5.74) is 9.22. The summed E-state index contributed by atoms with van der Waals surface area (Å²) in [4.78, 5) is 12.1. The Hall–Kier alpha value is -1.81. The minimum atomic E-state index is -0.152. The van der Waals surface area contributed by atoms with Gasteiger partial charge < -0.3 is 11.1 Å². The van der Waals surface area contributed by atoms with Crippen LogP contribution in [0.15, 0.2) is 46.9 Å². The van der Waals surface area contributed by atoms with E-state index in [2.05, 4.69) is 34.2 Å². The molecule has 0 saturated carbocycles. The summed E-state index contributed by atoms with van der Waals surface area (Å²) in [7, 11) is 0. The fraction of sp³-hybridized carbons (Fsp3) is 0.188. The molecule has 0 radical (unpaired) electrons. The number of hydrogen-bond acceptors (Lipinski definition) is 2. The van der Waals surface area contributed by atoms with E-state index in [-0.39, 0.29) is 5.91 Å². The molecule has 0 saturated heterocycles. The summed E-state index contributed by atoms with van der Waals surface area (Å²) >= 11 is 3.33. The Kier molecular flexibility index (Phi) is 4.79. The minimum Gasteiger partial charge on any atom is -0.398 e. The Balaban J connectivity index is 2.09. The minimum absolute atomic E-state index is 0.152. The molecule has 2 aromatic rings. The Morgan fingerprint density at radius 1 is 1.20 bits per heavy atom. The van der Waals surface area contributed by atoms with Crippen LogP contribution in [-0.2, 0) is 13.0 Å². The standard InChI is InChI=1S/C16H17BrN2O/c1-2-11-5-3-4-6-12(11)10-19-16(20)14-8-7-13(17)9-15(14)18/h3-9H,2,10,18H2,1H3,(H,19,20). The van der Waals surface area contributed by atoms with Gasteiger partial charge in [0.1, 0.15) is 0 Å². The molecule has 20 heavy (non-hydrogen) atoms. The van der Waals surface area contributed by atoms with Crippen LogP contribution in [0.4, 0.5) is 5.69 Å². The number of rotatable bonds is 4. The maximum absolute atomic E-state index is 12.1. The summed E-state index contributed by atoms with van der Waals surface area (Å²) in [6.45, 7) is 2.62. The van der Waals surface area contributed by atoms with Gasteiger partial charge in [-0.3, -0.25) is 4.79 Å². The van der Waals surface area contributed by atoms with Crippen molar-refractivity contribution in [3.05, 3.63) is 63.6 Å². The summed E-state index contributed by atoms with van der Waals surface area (Å²) in [6, 6.07) is 13.4. The Bertz CT molecular complexity index is 626. The third kappa shape index (κ3) is 3.39. The van der Waals surface area contributed by atoms with E-state index in [9.17, 15) is 4.79 Å². The third-order valence-electron chi connectivity index (χ3n) is 3.20. The quantitative estimate of drug-likeness (QED) is 0.841. The number of benzene rings is 2. The summed E-state index contributed by atoms with van der Waals surface area (Å²) < 4.78 is 0.864. The molecular formula is C16H17BrN2O. The summed E-state index contributed by atoms with van der Waals surface area (Å²) in [5, 5.41) is 2.92. The maximum Gasteiger partial charge on any atom is 0.253 e. The number of halogens is 1. The molecule has 0 aliphatic carbocycles. The zero-order valence-corrected chi connectivity index (χ0v) is 12.9. The van der Waals surface area contributed by atoms with Crippen LogP contribution in [0.25, 0.3) is 0 Å². The Morgan fingerprint density at radius 2 is 1.90 bits per heavy atom. The predicted molar refractivity (Wildman–Crippen MR) is 85.5 cm³/mol. The molecular weight excluding hydrogens is 316 g/mol. The molecule has 2 rings (SSSR count). The number of nitrogen functional groups attached to an aromatic ring is 1. The van der Waals surface area contributed by atoms with E-state index in [0.717, 1.165) is 16.5 Å². The first-order valence-electron chi connectivity index (χ1n) is 6.51. The lowest BCUT2D eigenvalue weighted by Gasteiger charge is -2.10. The van der Waals surface area contributed by atoms with Crippen LogP contribution >= 0.6 is 15.9 Å². The van der Waals surface area contributed by atoms with E-state index in [1.165, 1.54) is 5.56 Å². The molecule has 0 aromatic heterocycles. The molecule has 3 nitrogen and oxygen atoms in total. The molecule has 0 fully saturated rings. The Morgan fingerprint density at radius 3 is 2.55 bits per heavy atom. The molecule has 0 unspecified atom stereocenters. The smallest absolute Gasteiger partial charge is 0.253 e. The zero-order valence-electron chi connectivity index (χ0n) is 11.3. The van der Waals surface area contributed by atoms with Gasteiger partial charge in [0.15, 0.2) is 0 Å². The number of nitrogens with two attached hydrogens (primary N) is 1. The lowest BCUT2D eigenvalue weighted by molar-refractivity contribution is 0.0951. The van der Waals surface area contributed by atoms with E-state index in [1.807, 2.05) is 24.3 Å². The second-order valence-corrected chi connectivity index (χ2v) is 5.45. The Labute approximate surface area is 127 Å². The van der Waals surface area contributed by atoms with Gasteiger partial charge >= 0.3 is 0 Å². The lowest BCUT2D eigenvalue weighted by Crippen LogP contribution is -2.24. The van der Waals surface area contributed by atoms with Crippen molar-refractivity contribution in [3.8, 4) is 0 Å². The molecule has 3 N–H and O–H groups in total. The molecule has 0 heterocycles. The highest BCUT2D eigenvalue weighted by atomic mass is 79.9. The molecule has 0 aliphatic rings. The number of carbonyl (C=O) groups excluding carboxylic acids is 1. The number of aryl methyl sites for hydroxylation is 1. The van der Waals surface area contributed by atoms with Crippen LogP contribution in [0.3, 0.4) is 0 Å². The van der Waals surface area contributed by atoms with Crippen molar-refractivity contribution < 1.29 is 4.79 Å². The first kappa shape index (κ1) is 14.6. The fourth-order valence-corrected chi connectivity index (χ4v) is 2.46. The van der Waals surface area contributed by atoms with Crippen LogP contribution in [0.1, 0.15) is 28.4 Å². The van der Waals surface area contributed by atoms with E-state index in [0.29, 0.717) is 17.8 Å². The number of anilines is 1. The molecule has 104 valence electrons. The summed E-state index contributed by atoms with van der Waals surface area (Å²) in [6.07, 6.45) is 0.951. The van der Waals surface area contributed by atoms with Crippen LogP contribution in [0.2, 0.25) is 0 Å². The topological polar surface area (TPSA) is 55.1 Å². The number of carbonyl (C=O) groups is 1. The van der Waals surface area contributed by atoms with Crippen molar-refractivity contribution in [2.75, 3.05) is 5.73 Å². The largest absolute Gasteiger partial charge is 0.398 e. The molecule has 0 spiro atoms. The average Bonchev–Trinajstić information content (AvgIpc) is 2.45. The number of amides is 1. The van der Waals surface area contributed by atoms with Crippen molar-refractivity contribution in [2.24, 2.45) is 0 Å². The molecule has 2 aromatic carbocycles. The van der Waals surface area contributed by atoms with Gasteiger partial charge in [0, 0.05) is 16.7 Å². The van der Waals surface area contributed by atoms with Gasteiger partial charge in [0.05, 0.1) is 5.56 Å².